The lowest BCUT2D eigenvalue weighted by Crippen LogP contribution is -2.27. The molecule has 4 nitrogen and oxygen atoms in total. The van der Waals surface area contributed by atoms with E-state index in [9.17, 15) is 9.59 Å². The van der Waals surface area contributed by atoms with E-state index in [-0.39, 0.29) is 11.1 Å². The number of imide groups is 1. The van der Waals surface area contributed by atoms with Crippen molar-refractivity contribution in [3.63, 3.8) is 0 Å². The number of benzene rings is 1. The smallest absolute Gasteiger partial charge is 0.293 e. The molecule has 1 saturated heterocycles. The van der Waals surface area contributed by atoms with Crippen LogP contribution in [-0.2, 0) is 4.79 Å². The van der Waals surface area contributed by atoms with Gasteiger partial charge in [-0.25, -0.2) is 0 Å². The van der Waals surface area contributed by atoms with E-state index < -0.39 is 0 Å². The van der Waals surface area contributed by atoms with Crippen molar-refractivity contribution in [3.05, 3.63) is 51.5 Å². The second-order valence-corrected chi connectivity index (χ2v) is 6.54. The fraction of sp³-hybridized carbons (Fsp3) is 0.125. The highest BCUT2D eigenvalue weighted by Crippen LogP contribution is 2.33. The number of thioether (sulfide) groups is 1. The van der Waals surface area contributed by atoms with Gasteiger partial charge >= 0.3 is 0 Å². The van der Waals surface area contributed by atoms with E-state index in [0.717, 1.165) is 21.8 Å². The van der Waals surface area contributed by atoms with Gasteiger partial charge in [0.2, 0.25) is 0 Å². The molecule has 112 valence electrons. The Labute approximate surface area is 140 Å². The number of nitrogens with zero attached hydrogens (tertiary/aromatic N) is 1. The molecule has 0 saturated carbocycles. The molecular formula is C16H12BrNO3S. The Morgan fingerprint density at radius 2 is 1.91 bits per heavy atom. The average molecular weight is 378 g/mol. The van der Waals surface area contributed by atoms with Gasteiger partial charge in [0.1, 0.15) is 11.5 Å². The molecule has 1 aliphatic heterocycles. The summed E-state index contributed by atoms with van der Waals surface area (Å²) >= 11 is 4.33. The van der Waals surface area contributed by atoms with Crippen molar-refractivity contribution in [1.29, 1.82) is 0 Å². The number of furan rings is 1. The molecule has 3 rings (SSSR count). The first kappa shape index (κ1) is 15.1. The lowest BCUT2D eigenvalue weighted by atomic mass is 10.2. The van der Waals surface area contributed by atoms with E-state index in [1.165, 1.54) is 4.90 Å². The Hall–Kier alpha value is -1.79. The summed E-state index contributed by atoms with van der Waals surface area (Å²) < 4.78 is 6.73. The molecule has 0 spiro atoms. The van der Waals surface area contributed by atoms with Crippen LogP contribution in [0.25, 0.3) is 17.4 Å². The molecule has 0 atom stereocenters. The zero-order chi connectivity index (χ0) is 15.7. The van der Waals surface area contributed by atoms with Gasteiger partial charge in [0.25, 0.3) is 11.1 Å². The summed E-state index contributed by atoms with van der Waals surface area (Å²) in [6, 6.07) is 11.4. The predicted octanol–water partition coefficient (Wildman–Crippen LogP) is 4.77. The molecule has 1 aliphatic rings. The van der Waals surface area contributed by atoms with Gasteiger partial charge in [-0.2, -0.15) is 0 Å². The maximum atomic E-state index is 12.0. The van der Waals surface area contributed by atoms with E-state index in [0.29, 0.717) is 23.0 Å². The second kappa shape index (κ2) is 6.14. The van der Waals surface area contributed by atoms with Crippen LogP contribution >= 0.6 is 27.7 Å². The van der Waals surface area contributed by atoms with Crippen molar-refractivity contribution in [3.8, 4) is 11.3 Å². The van der Waals surface area contributed by atoms with E-state index >= 15 is 0 Å². The van der Waals surface area contributed by atoms with Crippen molar-refractivity contribution < 1.29 is 14.0 Å². The molecule has 0 radical (unpaired) electrons. The van der Waals surface area contributed by atoms with Gasteiger partial charge in [0, 0.05) is 22.7 Å². The van der Waals surface area contributed by atoms with Crippen LogP contribution in [0.1, 0.15) is 12.7 Å². The number of carbonyl (C=O) groups is 2. The topological polar surface area (TPSA) is 50.5 Å². The van der Waals surface area contributed by atoms with Gasteiger partial charge in [-0.1, -0.05) is 28.1 Å². The highest BCUT2D eigenvalue weighted by atomic mass is 79.9. The van der Waals surface area contributed by atoms with Crippen LogP contribution in [0.5, 0.6) is 0 Å². The molecule has 2 aromatic rings. The van der Waals surface area contributed by atoms with Gasteiger partial charge in [0.05, 0.1) is 4.91 Å². The monoisotopic (exact) mass is 377 g/mol. The Balaban J connectivity index is 1.86. The Bertz CT molecular complexity index is 764. The third-order valence-corrected chi connectivity index (χ3v) is 4.65. The summed E-state index contributed by atoms with van der Waals surface area (Å²) in [4.78, 5) is 25.3. The SMILES string of the molecule is CCN1C(=O)SC(=Cc2ccc(-c3ccc(Br)cc3)o2)C1=O. The van der Waals surface area contributed by atoms with Crippen molar-refractivity contribution in [1.82, 2.24) is 4.90 Å². The highest BCUT2D eigenvalue weighted by molar-refractivity contribution is 9.10. The van der Waals surface area contributed by atoms with Crippen LogP contribution in [0.4, 0.5) is 4.79 Å². The molecule has 22 heavy (non-hydrogen) atoms. The summed E-state index contributed by atoms with van der Waals surface area (Å²) in [5.41, 5.74) is 0.949. The predicted molar refractivity (Wildman–Crippen MR) is 90.2 cm³/mol. The number of likely N-dealkylation sites (N-methyl/N-ethyl adjacent to an activating group) is 1. The molecule has 0 bridgehead atoms. The highest BCUT2D eigenvalue weighted by Gasteiger charge is 2.33. The number of hydrogen-bond acceptors (Lipinski definition) is 4. The van der Waals surface area contributed by atoms with Crippen LogP contribution in [0.15, 0.2) is 50.2 Å². The fourth-order valence-electron chi connectivity index (χ4n) is 2.10. The van der Waals surface area contributed by atoms with Crippen LogP contribution in [0.2, 0.25) is 0 Å². The molecule has 6 heteroatoms. The van der Waals surface area contributed by atoms with Crippen LogP contribution in [-0.4, -0.2) is 22.6 Å². The molecule has 1 fully saturated rings. The standard InChI is InChI=1S/C16H12BrNO3S/c1-2-18-15(19)14(22-16(18)20)9-12-7-8-13(21-12)10-3-5-11(17)6-4-10/h3-9H,2H2,1H3. The van der Waals surface area contributed by atoms with E-state index in [1.54, 1.807) is 19.1 Å². The Morgan fingerprint density at radius 1 is 1.18 bits per heavy atom. The van der Waals surface area contributed by atoms with Crippen molar-refractivity contribution >= 4 is 44.9 Å². The molecule has 1 aromatic heterocycles. The second-order valence-electron chi connectivity index (χ2n) is 4.63. The molecule has 2 heterocycles. The van der Waals surface area contributed by atoms with Crippen molar-refractivity contribution in [2.24, 2.45) is 0 Å². The quantitative estimate of drug-likeness (QED) is 0.723. The van der Waals surface area contributed by atoms with Crippen LogP contribution in [0.3, 0.4) is 0 Å². The number of halogens is 1. The maximum absolute atomic E-state index is 12.0. The summed E-state index contributed by atoms with van der Waals surface area (Å²) in [7, 11) is 0. The molecule has 0 N–H and O–H groups in total. The largest absolute Gasteiger partial charge is 0.457 e. The lowest BCUT2D eigenvalue weighted by Gasteiger charge is -2.06. The minimum Gasteiger partial charge on any atom is -0.457 e. The third-order valence-electron chi connectivity index (χ3n) is 3.22. The van der Waals surface area contributed by atoms with Crippen LogP contribution in [0, 0.1) is 0 Å². The first-order valence-electron chi connectivity index (χ1n) is 6.69. The van der Waals surface area contributed by atoms with Gasteiger partial charge in [-0.15, -0.1) is 0 Å². The van der Waals surface area contributed by atoms with Gasteiger partial charge in [0.15, 0.2) is 0 Å². The average Bonchev–Trinajstić information content (AvgIpc) is 3.06. The molecule has 2 amide bonds. The maximum Gasteiger partial charge on any atom is 0.293 e. The normalized spacial score (nSPS) is 16.8. The number of rotatable bonds is 3. The van der Waals surface area contributed by atoms with Gasteiger partial charge in [-0.05, 0) is 43.0 Å². The number of carbonyl (C=O) groups excluding carboxylic acids is 2. The first-order chi connectivity index (χ1) is 10.6. The van der Waals surface area contributed by atoms with Crippen molar-refractivity contribution in [2.75, 3.05) is 6.54 Å². The summed E-state index contributed by atoms with van der Waals surface area (Å²) in [6.07, 6.45) is 1.61. The molecular weight excluding hydrogens is 366 g/mol. The van der Waals surface area contributed by atoms with Gasteiger partial charge < -0.3 is 4.42 Å². The minimum atomic E-state index is -0.265. The molecule has 1 aromatic carbocycles. The Morgan fingerprint density at radius 3 is 2.55 bits per heavy atom. The molecule has 0 aliphatic carbocycles. The third kappa shape index (κ3) is 2.89. The Kier molecular flexibility index (Phi) is 4.22. The zero-order valence-electron chi connectivity index (χ0n) is 11.7. The minimum absolute atomic E-state index is 0.238. The van der Waals surface area contributed by atoms with Crippen molar-refractivity contribution in [2.45, 2.75) is 6.92 Å². The first-order valence-corrected chi connectivity index (χ1v) is 8.30. The fourth-order valence-corrected chi connectivity index (χ4v) is 3.25. The summed E-state index contributed by atoms with van der Waals surface area (Å²) in [5.74, 6) is 1.01. The van der Waals surface area contributed by atoms with Gasteiger partial charge in [-0.3, -0.25) is 14.5 Å². The summed E-state index contributed by atoms with van der Waals surface area (Å²) in [5, 5.41) is -0.238. The van der Waals surface area contributed by atoms with E-state index in [2.05, 4.69) is 15.9 Å². The lowest BCUT2D eigenvalue weighted by molar-refractivity contribution is -0.122. The number of hydrogen-bond donors (Lipinski definition) is 0. The van der Waals surface area contributed by atoms with Crippen LogP contribution < -0.4 is 0 Å². The summed E-state index contributed by atoms with van der Waals surface area (Å²) in [6.45, 7) is 2.15. The number of amides is 2. The van der Waals surface area contributed by atoms with E-state index in [4.69, 9.17) is 4.42 Å². The zero-order valence-corrected chi connectivity index (χ0v) is 14.1. The molecule has 0 unspecified atom stereocenters. The van der Waals surface area contributed by atoms with E-state index in [1.807, 2.05) is 30.3 Å².